The number of anilines is 1. The number of nitrogens with one attached hydrogen (secondary N) is 2. The van der Waals surface area contributed by atoms with Gasteiger partial charge in [-0.15, -0.1) is 11.3 Å². The van der Waals surface area contributed by atoms with Gasteiger partial charge >= 0.3 is 0 Å². The van der Waals surface area contributed by atoms with E-state index in [9.17, 15) is 0 Å². The van der Waals surface area contributed by atoms with Crippen LogP contribution in [0.25, 0.3) is 0 Å². The van der Waals surface area contributed by atoms with Gasteiger partial charge in [-0.25, -0.2) is 4.99 Å². The van der Waals surface area contributed by atoms with E-state index < -0.39 is 0 Å². The molecule has 0 saturated carbocycles. The summed E-state index contributed by atoms with van der Waals surface area (Å²) in [6, 6.07) is 15.0. The average molecular weight is 357 g/mol. The van der Waals surface area contributed by atoms with Gasteiger partial charge < -0.3 is 15.5 Å². The maximum atomic E-state index is 4.73. The summed E-state index contributed by atoms with van der Waals surface area (Å²) in [6.45, 7) is 9.10. The topological polar surface area (TPSA) is 39.7 Å². The van der Waals surface area contributed by atoms with Crippen molar-refractivity contribution >= 4 is 23.0 Å². The van der Waals surface area contributed by atoms with Crippen LogP contribution in [0.1, 0.15) is 23.1 Å². The number of thiophene rings is 1. The summed E-state index contributed by atoms with van der Waals surface area (Å²) in [6.07, 6.45) is 1.23. The lowest BCUT2D eigenvalue weighted by Gasteiger charge is -2.19. The fraction of sp³-hybridized carbons (Fsp3) is 0.450. The molecule has 2 N–H and O–H groups in total. The van der Waals surface area contributed by atoms with Crippen LogP contribution in [-0.4, -0.2) is 32.1 Å². The van der Waals surface area contributed by atoms with Crippen LogP contribution in [-0.2, 0) is 6.54 Å². The summed E-state index contributed by atoms with van der Waals surface area (Å²) >= 11 is 1.82. The lowest BCUT2D eigenvalue weighted by Crippen LogP contribution is -2.40. The molecule has 1 unspecified atom stereocenters. The highest BCUT2D eigenvalue weighted by molar-refractivity contribution is 7.11. The maximum absolute atomic E-state index is 4.73. The molecule has 134 valence electrons. The van der Waals surface area contributed by atoms with E-state index in [1.165, 1.54) is 21.9 Å². The molecule has 2 aromatic rings. The van der Waals surface area contributed by atoms with E-state index in [1.807, 2.05) is 11.3 Å². The largest absolute Gasteiger partial charge is 0.371 e. The van der Waals surface area contributed by atoms with E-state index in [4.69, 9.17) is 4.99 Å². The minimum atomic E-state index is 0.660. The quantitative estimate of drug-likeness (QED) is 0.613. The van der Waals surface area contributed by atoms with Crippen molar-refractivity contribution in [2.45, 2.75) is 26.8 Å². The average Bonchev–Trinajstić information content (AvgIpc) is 3.27. The van der Waals surface area contributed by atoms with Gasteiger partial charge in [0.05, 0.1) is 6.54 Å². The van der Waals surface area contributed by atoms with Crippen molar-refractivity contribution in [3.05, 3.63) is 52.2 Å². The third kappa shape index (κ3) is 5.23. The van der Waals surface area contributed by atoms with Gasteiger partial charge in [-0.05, 0) is 50.5 Å². The zero-order chi connectivity index (χ0) is 17.5. The van der Waals surface area contributed by atoms with E-state index in [2.05, 4.69) is 71.8 Å². The van der Waals surface area contributed by atoms with Crippen LogP contribution in [0.3, 0.4) is 0 Å². The number of para-hydroxylation sites is 1. The predicted molar refractivity (Wildman–Crippen MR) is 109 cm³/mol. The first kappa shape index (κ1) is 17.8. The minimum absolute atomic E-state index is 0.660. The fourth-order valence-electron chi connectivity index (χ4n) is 3.18. The maximum Gasteiger partial charge on any atom is 0.191 e. The Hall–Kier alpha value is -2.01. The van der Waals surface area contributed by atoms with Crippen molar-refractivity contribution in [3.63, 3.8) is 0 Å². The second kappa shape index (κ2) is 8.90. The molecule has 1 aromatic heterocycles. The van der Waals surface area contributed by atoms with Gasteiger partial charge in [-0.2, -0.15) is 0 Å². The van der Waals surface area contributed by atoms with Gasteiger partial charge in [0, 0.05) is 41.6 Å². The van der Waals surface area contributed by atoms with Crippen molar-refractivity contribution < 1.29 is 0 Å². The smallest absolute Gasteiger partial charge is 0.191 e. The Morgan fingerprint density at radius 2 is 2.04 bits per heavy atom. The number of aliphatic imine (C=N–C) groups is 1. The van der Waals surface area contributed by atoms with Crippen LogP contribution in [0.15, 0.2) is 47.5 Å². The molecule has 1 saturated heterocycles. The molecular formula is C20H28N4S. The molecule has 1 aliphatic heterocycles. The van der Waals surface area contributed by atoms with E-state index >= 15 is 0 Å². The van der Waals surface area contributed by atoms with Crippen LogP contribution in [0, 0.1) is 12.8 Å². The Bertz CT molecular complexity index is 680. The van der Waals surface area contributed by atoms with Crippen molar-refractivity contribution in [2.75, 3.05) is 31.1 Å². The highest BCUT2D eigenvalue weighted by atomic mass is 32.1. The Balaban J connectivity index is 1.50. The van der Waals surface area contributed by atoms with Crippen LogP contribution in [0.2, 0.25) is 0 Å². The first-order valence-corrected chi connectivity index (χ1v) is 9.93. The van der Waals surface area contributed by atoms with Gasteiger partial charge in [0.25, 0.3) is 0 Å². The van der Waals surface area contributed by atoms with Crippen molar-refractivity contribution in [1.82, 2.24) is 10.6 Å². The zero-order valence-electron chi connectivity index (χ0n) is 15.2. The molecule has 1 fully saturated rings. The Labute approximate surface area is 155 Å². The van der Waals surface area contributed by atoms with E-state index in [1.54, 1.807) is 0 Å². The monoisotopic (exact) mass is 356 g/mol. The molecule has 1 atom stereocenters. The second-order valence-corrected chi connectivity index (χ2v) is 7.90. The van der Waals surface area contributed by atoms with Crippen LogP contribution >= 0.6 is 11.3 Å². The van der Waals surface area contributed by atoms with Crippen molar-refractivity contribution in [1.29, 1.82) is 0 Å². The van der Waals surface area contributed by atoms with Gasteiger partial charge in [-0.1, -0.05) is 18.2 Å². The number of nitrogens with zero attached hydrogens (tertiary/aromatic N) is 2. The number of benzene rings is 1. The summed E-state index contributed by atoms with van der Waals surface area (Å²) in [5.41, 5.74) is 1.33. The molecule has 4 nitrogen and oxygen atoms in total. The zero-order valence-corrected chi connectivity index (χ0v) is 16.0. The molecular weight excluding hydrogens is 328 g/mol. The van der Waals surface area contributed by atoms with Gasteiger partial charge in [-0.3, -0.25) is 0 Å². The second-order valence-electron chi connectivity index (χ2n) is 6.52. The molecule has 3 rings (SSSR count). The fourth-order valence-corrected chi connectivity index (χ4v) is 4.00. The highest BCUT2D eigenvalue weighted by Crippen LogP contribution is 2.23. The molecule has 1 aliphatic rings. The summed E-state index contributed by atoms with van der Waals surface area (Å²) in [4.78, 5) is 9.86. The number of rotatable bonds is 6. The summed E-state index contributed by atoms with van der Waals surface area (Å²) in [5.74, 6) is 1.58. The summed E-state index contributed by atoms with van der Waals surface area (Å²) in [5, 5.41) is 6.88. The first-order chi connectivity index (χ1) is 12.2. The molecule has 0 amide bonds. The minimum Gasteiger partial charge on any atom is -0.371 e. The van der Waals surface area contributed by atoms with Crippen LogP contribution < -0.4 is 15.5 Å². The van der Waals surface area contributed by atoms with E-state index in [0.717, 1.165) is 38.7 Å². The lowest BCUT2D eigenvalue weighted by atomic mass is 10.1. The van der Waals surface area contributed by atoms with E-state index in [-0.39, 0.29) is 0 Å². The predicted octanol–water partition coefficient (Wildman–Crippen LogP) is 3.64. The molecule has 0 spiro atoms. The highest BCUT2D eigenvalue weighted by Gasteiger charge is 2.22. The normalized spacial score (nSPS) is 17.8. The molecule has 25 heavy (non-hydrogen) atoms. The number of hydrogen-bond donors (Lipinski definition) is 2. The number of aryl methyl sites for hydroxylation is 1. The van der Waals surface area contributed by atoms with E-state index in [0.29, 0.717) is 5.92 Å². The van der Waals surface area contributed by atoms with Gasteiger partial charge in [0.15, 0.2) is 5.96 Å². The van der Waals surface area contributed by atoms with Gasteiger partial charge in [0.2, 0.25) is 0 Å². The lowest BCUT2D eigenvalue weighted by molar-refractivity contribution is 0.566. The molecule has 0 aliphatic carbocycles. The Morgan fingerprint density at radius 1 is 1.20 bits per heavy atom. The SMILES string of the molecule is CCNC(=NCc1ccc(C)s1)NCC1CCN(c2ccccc2)C1. The van der Waals surface area contributed by atoms with Gasteiger partial charge in [0.1, 0.15) is 0 Å². The molecule has 0 radical (unpaired) electrons. The summed E-state index contributed by atoms with van der Waals surface area (Å²) in [7, 11) is 0. The number of guanidine groups is 1. The third-order valence-corrected chi connectivity index (χ3v) is 5.48. The van der Waals surface area contributed by atoms with Crippen LogP contribution in [0.5, 0.6) is 0 Å². The molecule has 1 aromatic carbocycles. The molecule has 0 bridgehead atoms. The number of hydrogen-bond acceptors (Lipinski definition) is 3. The molecule has 5 heteroatoms. The summed E-state index contributed by atoms with van der Waals surface area (Å²) < 4.78 is 0. The van der Waals surface area contributed by atoms with Crippen molar-refractivity contribution in [2.24, 2.45) is 10.9 Å². The van der Waals surface area contributed by atoms with Crippen molar-refractivity contribution in [3.8, 4) is 0 Å². The Morgan fingerprint density at radius 3 is 2.76 bits per heavy atom. The van der Waals surface area contributed by atoms with Crippen LogP contribution in [0.4, 0.5) is 5.69 Å². The Kier molecular flexibility index (Phi) is 6.34. The first-order valence-electron chi connectivity index (χ1n) is 9.12. The standard InChI is InChI=1S/C20H28N4S/c1-3-21-20(23-14-19-10-9-16(2)25-19)22-13-17-11-12-24(15-17)18-7-5-4-6-8-18/h4-10,17H,3,11-15H2,1-2H3,(H2,21,22,23). The third-order valence-electron chi connectivity index (χ3n) is 4.50. The molecule has 2 heterocycles.